The lowest BCUT2D eigenvalue weighted by molar-refractivity contribution is -0.0958. The molecule has 3 aromatic rings. The normalized spacial score (nSPS) is 19.4. The molecule has 2 fully saturated rings. The largest absolute Gasteiger partial charge is 0.444 e. The van der Waals surface area contributed by atoms with Crippen molar-refractivity contribution < 1.29 is 14.4 Å². The molecular weight excluding hydrogens is 486 g/mol. The van der Waals surface area contributed by atoms with Crippen molar-refractivity contribution in [1.29, 1.82) is 0 Å². The van der Waals surface area contributed by atoms with E-state index in [9.17, 15) is 4.79 Å². The van der Waals surface area contributed by atoms with Gasteiger partial charge in [-0.3, -0.25) is 0 Å². The molecule has 2 aromatic heterocycles. The smallest absolute Gasteiger partial charge is 0.410 e. The minimum Gasteiger partial charge on any atom is -0.444 e. The first-order chi connectivity index (χ1) is 15.7. The third kappa shape index (κ3) is 5.60. The summed E-state index contributed by atoms with van der Waals surface area (Å²) in [5.74, 6) is 1.79. The number of ether oxygens (including phenoxy) is 1. The Bertz CT molecular complexity index is 1200. The summed E-state index contributed by atoms with van der Waals surface area (Å²) in [6, 6.07) is 8.27. The van der Waals surface area contributed by atoms with Crippen LogP contribution in [0.15, 0.2) is 30.6 Å². The van der Waals surface area contributed by atoms with Gasteiger partial charge in [0.1, 0.15) is 22.7 Å². The van der Waals surface area contributed by atoms with Gasteiger partial charge in [-0.1, -0.05) is 12.1 Å². The number of carbonyl (C=O) groups excluding carboxylic acids is 1. The third-order valence-corrected chi connectivity index (χ3v) is 5.92. The van der Waals surface area contributed by atoms with E-state index in [1.807, 2.05) is 66.5 Å². The number of rotatable bonds is 4. The third-order valence-electron chi connectivity index (χ3n) is 5.92. The highest BCUT2D eigenvalue weighted by molar-refractivity contribution is 7.59. The monoisotopic (exact) mass is 519 g/mol. The fourth-order valence-electron chi connectivity index (χ4n) is 4.47. The summed E-state index contributed by atoms with van der Waals surface area (Å²) >= 11 is 0. The van der Waals surface area contributed by atoms with Crippen molar-refractivity contribution >= 4 is 50.1 Å². The molecule has 2 atom stereocenters. The van der Waals surface area contributed by atoms with E-state index >= 15 is 0 Å². The molecule has 0 radical (unpaired) electrons. The average molecular weight is 520 g/mol. The number of nitrogen functional groups attached to an aromatic ring is 1. The number of fused-ring (bicyclic) bond motifs is 3. The van der Waals surface area contributed by atoms with Gasteiger partial charge in [-0.05, 0) is 51.8 Å². The van der Waals surface area contributed by atoms with Gasteiger partial charge in [0.2, 0.25) is 0 Å². The van der Waals surface area contributed by atoms with Gasteiger partial charge in [0.15, 0.2) is 11.5 Å². The molecule has 1 aromatic carbocycles. The number of likely N-dealkylation sites (tertiary alicyclic amines) is 1. The Labute approximate surface area is 218 Å². The number of anilines is 1. The van der Waals surface area contributed by atoms with Gasteiger partial charge in [-0.15, -0.1) is 5.06 Å². The van der Waals surface area contributed by atoms with Crippen LogP contribution in [0.1, 0.15) is 38.6 Å². The number of aryl methyl sites for hydroxylation is 1. The Hall–Kier alpha value is -2.70. The van der Waals surface area contributed by atoms with Crippen molar-refractivity contribution in [3.05, 3.63) is 42.0 Å². The zero-order chi connectivity index (χ0) is 23.3. The first kappa shape index (κ1) is 26.9. The molecule has 2 aliphatic rings. The van der Waals surface area contributed by atoms with Crippen molar-refractivity contribution in [2.24, 2.45) is 0 Å². The summed E-state index contributed by atoms with van der Waals surface area (Å²) in [5, 5.41) is 1.98. The molecule has 35 heavy (non-hydrogen) atoms. The second-order valence-corrected chi connectivity index (χ2v) is 9.71. The van der Waals surface area contributed by atoms with Crippen molar-refractivity contribution in [3.8, 4) is 5.75 Å². The van der Waals surface area contributed by atoms with E-state index in [-0.39, 0.29) is 45.2 Å². The second-order valence-electron chi connectivity index (χ2n) is 9.71. The molecule has 10 nitrogen and oxygen atoms in total. The van der Waals surface area contributed by atoms with Crippen LogP contribution in [0.2, 0.25) is 0 Å². The molecule has 5 rings (SSSR count). The van der Waals surface area contributed by atoms with Gasteiger partial charge < -0.3 is 24.8 Å². The van der Waals surface area contributed by atoms with Crippen LogP contribution in [0.5, 0.6) is 5.75 Å². The van der Waals surface area contributed by atoms with Crippen molar-refractivity contribution in [1.82, 2.24) is 29.5 Å². The number of hydroxylamine groups is 2. The minimum atomic E-state index is -0.488. The molecule has 0 unspecified atom stereocenters. The highest BCUT2D eigenvalue weighted by Gasteiger charge is 2.47. The summed E-state index contributed by atoms with van der Waals surface area (Å²) < 4.78 is 7.49. The van der Waals surface area contributed by atoms with Gasteiger partial charge in [0, 0.05) is 6.54 Å². The maximum Gasteiger partial charge on any atom is 0.410 e. The molecule has 12 heteroatoms. The molecule has 0 aliphatic carbocycles. The Balaban J connectivity index is 0.00000171. The van der Waals surface area contributed by atoms with E-state index in [1.165, 1.54) is 0 Å². The molecule has 2 aliphatic heterocycles. The minimum absolute atomic E-state index is 0. The molecule has 0 spiro atoms. The first-order valence-electron chi connectivity index (χ1n) is 11.1. The number of nitrogens with zero attached hydrogens (tertiary/aromatic N) is 6. The maximum atomic E-state index is 12.4. The highest BCUT2D eigenvalue weighted by Crippen LogP contribution is 2.33. The van der Waals surface area contributed by atoms with Gasteiger partial charge in [0.25, 0.3) is 0 Å². The van der Waals surface area contributed by atoms with Crippen LogP contribution in [-0.4, -0.2) is 66.3 Å². The van der Waals surface area contributed by atoms with Crippen LogP contribution in [0.25, 0.3) is 11.2 Å². The molecule has 0 saturated carbocycles. The van der Waals surface area contributed by atoms with E-state index in [0.29, 0.717) is 36.8 Å². The SMILES string of the molecule is Cc1nc(N)c2ncn(Cc3ccc(ON4C[C@@H]5C[C@H]4CN5C(=O)OC(C)(C)C)cc3)c2n1.S.S. The van der Waals surface area contributed by atoms with Crippen LogP contribution in [0.3, 0.4) is 0 Å². The highest BCUT2D eigenvalue weighted by atomic mass is 32.1. The number of benzene rings is 1. The first-order valence-corrected chi connectivity index (χ1v) is 11.1. The number of amides is 1. The van der Waals surface area contributed by atoms with Crippen molar-refractivity contribution in [2.75, 3.05) is 18.8 Å². The van der Waals surface area contributed by atoms with Crippen LogP contribution < -0.4 is 10.6 Å². The predicted molar refractivity (Wildman–Crippen MR) is 143 cm³/mol. The van der Waals surface area contributed by atoms with E-state index < -0.39 is 5.60 Å². The van der Waals surface area contributed by atoms with Crippen molar-refractivity contribution in [2.45, 2.75) is 58.3 Å². The Morgan fingerprint density at radius 2 is 1.83 bits per heavy atom. The summed E-state index contributed by atoms with van der Waals surface area (Å²) in [6.07, 6.45) is 2.39. The summed E-state index contributed by atoms with van der Waals surface area (Å²) in [4.78, 5) is 33.4. The fraction of sp³-hybridized carbons (Fsp3) is 0.478. The maximum absolute atomic E-state index is 12.4. The summed E-state index contributed by atoms with van der Waals surface area (Å²) in [5.41, 5.74) is 7.91. The Morgan fingerprint density at radius 3 is 2.46 bits per heavy atom. The number of nitrogens with two attached hydrogens (primary N) is 1. The Kier molecular flexibility index (Phi) is 7.77. The number of imidazole rings is 1. The number of hydrogen-bond acceptors (Lipinski definition) is 8. The van der Waals surface area contributed by atoms with Crippen LogP contribution >= 0.6 is 27.0 Å². The summed E-state index contributed by atoms with van der Waals surface area (Å²) in [6.45, 7) is 9.39. The number of carbonyl (C=O) groups is 1. The van der Waals surface area contributed by atoms with E-state index in [4.69, 9.17) is 15.3 Å². The number of hydrogen-bond donors (Lipinski definition) is 1. The van der Waals surface area contributed by atoms with Gasteiger partial charge in [0.05, 0.1) is 31.5 Å². The van der Waals surface area contributed by atoms with Crippen LogP contribution in [0, 0.1) is 6.92 Å². The summed E-state index contributed by atoms with van der Waals surface area (Å²) in [7, 11) is 0. The van der Waals surface area contributed by atoms with Gasteiger partial charge >= 0.3 is 6.09 Å². The Morgan fingerprint density at radius 1 is 1.11 bits per heavy atom. The van der Waals surface area contributed by atoms with E-state index in [2.05, 4.69) is 15.0 Å². The number of aromatic nitrogens is 4. The van der Waals surface area contributed by atoms with Gasteiger partial charge in [-0.25, -0.2) is 19.7 Å². The van der Waals surface area contributed by atoms with Crippen molar-refractivity contribution in [3.63, 3.8) is 0 Å². The second kappa shape index (κ2) is 10.1. The standard InChI is InChI=1S/C23H29N7O3.2H2S/c1-14-26-20(24)19-21(27-14)28(13-25-19)10-15-5-7-18(8-6-15)33-30-12-16-9-17(30)11-29(16)22(31)32-23(2,3)4;;/h5-8,13,16-17H,9-12H2,1-4H3,(H2,24,26,27);2*1H2/t16-,17-;;/m0../s1. The fourth-order valence-corrected chi connectivity index (χ4v) is 4.47. The molecule has 2 saturated heterocycles. The molecule has 1 amide bonds. The quantitative estimate of drug-likeness (QED) is 0.560. The lowest BCUT2D eigenvalue weighted by Crippen LogP contribution is -2.50. The predicted octanol–water partition coefficient (Wildman–Crippen LogP) is 2.98. The van der Waals surface area contributed by atoms with Gasteiger partial charge in [-0.2, -0.15) is 27.0 Å². The lowest BCUT2D eigenvalue weighted by Gasteiger charge is -2.34. The lowest BCUT2D eigenvalue weighted by atomic mass is 10.2. The van der Waals surface area contributed by atoms with E-state index in [0.717, 1.165) is 23.4 Å². The van der Waals surface area contributed by atoms with Crippen LogP contribution in [0.4, 0.5) is 10.6 Å². The molecule has 4 heterocycles. The molecule has 190 valence electrons. The molecule has 2 bridgehead atoms. The van der Waals surface area contributed by atoms with Crippen LogP contribution in [-0.2, 0) is 11.3 Å². The zero-order valence-corrected chi connectivity index (χ0v) is 22.4. The molecule has 2 N–H and O–H groups in total. The average Bonchev–Trinajstić information content (AvgIpc) is 3.43. The zero-order valence-electron chi connectivity index (χ0n) is 20.4. The molecular formula is C23H33N7O3S2. The number of piperazine rings is 1. The topological polar surface area (TPSA) is 112 Å². The van der Waals surface area contributed by atoms with E-state index in [1.54, 1.807) is 6.33 Å².